The Morgan fingerprint density at radius 3 is 2.41 bits per heavy atom. The number of aromatic nitrogens is 2. The number of rotatable bonds is 2. The minimum absolute atomic E-state index is 0.350. The quantitative estimate of drug-likeness (QED) is 0.798. The first-order valence-electron chi connectivity index (χ1n) is 6.53. The Kier molecular flexibility index (Phi) is 6.82. The van der Waals surface area contributed by atoms with Crippen molar-refractivity contribution in [1.29, 1.82) is 0 Å². The van der Waals surface area contributed by atoms with Gasteiger partial charge in [-0.1, -0.05) is 6.92 Å². The summed E-state index contributed by atoms with van der Waals surface area (Å²) in [6.45, 7) is 6.04. The summed E-state index contributed by atoms with van der Waals surface area (Å²) < 4.78 is 31.7. The van der Waals surface area contributed by atoms with Gasteiger partial charge in [0.25, 0.3) is 0 Å². The molecule has 1 aliphatic heterocycles. The maximum Gasteiger partial charge on any atom is 0.490 e. The van der Waals surface area contributed by atoms with E-state index in [0.717, 1.165) is 44.1 Å². The maximum atomic E-state index is 10.6. The van der Waals surface area contributed by atoms with Crippen molar-refractivity contribution in [2.45, 2.75) is 19.5 Å². The van der Waals surface area contributed by atoms with Gasteiger partial charge in [-0.3, -0.25) is 0 Å². The second-order valence-corrected chi connectivity index (χ2v) is 4.72. The van der Waals surface area contributed by atoms with Crippen LogP contribution in [0.5, 0.6) is 0 Å². The number of halogens is 4. The van der Waals surface area contributed by atoms with Crippen LogP contribution in [0.15, 0.2) is 6.07 Å². The number of alkyl halides is 3. The molecule has 1 aliphatic rings. The lowest BCUT2D eigenvalue weighted by atomic mass is 10.3. The zero-order chi connectivity index (χ0) is 16.8. The predicted molar refractivity (Wildman–Crippen MR) is 75.2 cm³/mol. The third kappa shape index (κ3) is 6.02. The highest BCUT2D eigenvalue weighted by Crippen LogP contribution is 2.16. The van der Waals surface area contributed by atoms with Crippen LogP contribution < -0.4 is 10.2 Å². The van der Waals surface area contributed by atoms with Crippen LogP contribution in [0.1, 0.15) is 12.6 Å². The Balaban J connectivity index is 0.000000295. The highest BCUT2D eigenvalue weighted by molar-refractivity contribution is 6.28. The molecule has 10 heteroatoms. The van der Waals surface area contributed by atoms with Crippen LogP contribution in [0.3, 0.4) is 0 Å². The number of carboxylic acid groups (broad SMARTS) is 1. The van der Waals surface area contributed by atoms with Gasteiger partial charge in [-0.15, -0.1) is 0 Å². The molecule has 0 bridgehead atoms. The van der Waals surface area contributed by atoms with Gasteiger partial charge in [0, 0.05) is 37.9 Å². The molecule has 0 atom stereocenters. The van der Waals surface area contributed by atoms with Crippen LogP contribution in [0.2, 0.25) is 5.28 Å². The van der Waals surface area contributed by atoms with E-state index in [1.54, 1.807) is 0 Å². The van der Waals surface area contributed by atoms with E-state index >= 15 is 0 Å². The third-order valence-electron chi connectivity index (χ3n) is 2.78. The molecular weight excluding hydrogens is 325 g/mol. The van der Waals surface area contributed by atoms with Gasteiger partial charge in [0.2, 0.25) is 5.28 Å². The Hall–Kier alpha value is -1.61. The summed E-state index contributed by atoms with van der Waals surface area (Å²) in [7, 11) is 0. The number of aliphatic carboxylic acids is 1. The minimum Gasteiger partial charge on any atom is -0.475 e. The molecule has 0 radical (unpaired) electrons. The van der Waals surface area contributed by atoms with Gasteiger partial charge in [-0.05, 0) is 18.0 Å². The molecule has 22 heavy (non-hydrogen) atoms. The molecule has 0 unspecified atom stereocenters. The Bertz CT molecular complexity index is 508. The number of aryl methyl sites for hydroxylation is 1. The predicted octanol–water partition coefficient (Wildman–Crippen LogP) is 1.74. The highest BCUT2D eigenvalue weighted by Gasteiger charge is 2.38. The van der Waals surface area contributed by atoms with Crippen LogP contribution in [-0.4, -0.2) is 53.4 Å². The van der Waals surface area contributed by atoms with Gasteiger partial charge < -0.3 is 15.3 Å². The Labute approximate surface area is 130 Å². The summed E-state index contributed by atoms with van der Waals surface area (Å²) in [4.78, 5) is 19.6. The molecule has 6 nitrogen and oxygen atoms in total. The summed E-state index contributed by atoms with van der Waals surface area (Å²) >= 11 is 5.88. The van der Waals surface area contributed by atoms with E-state index in [9.17, 15) is 13.2 Å². The van der Waals surface area contributed by atoms with Gasteiger partial charge >= 0.3 is 12.1 Å². The van der Waals surface area contributed by atoms with Gasteiger partial charge in [0.1, 0.15) is 5.82 Å². The first-order chi connectivity index (χ1) is 10.2. The number of hydrogen-bond donors (Lipinski definition) is 2. The molecule has 124 valence electrons. The van der Waals surface area contributed by atoms with Gasteiger partial charge in [0.05, 0.1) is 0 Å². The normalized spacial score (nSPS) is 15.0. The fraction of sp³-hybridized carbons (Fsp3) is 0.583. The number of hydrogen-bond acceptors (Lipinski definition) is 5. The van der Waals surface area contributed by atoms with Crippen molar-refractivity contribution < 1.29 is 23.1 Å². The summed E-state index contributed by atoms with van der Waals surface area (Å²) in [5.74, 6) is -1.80. The zero-order valence-corrected chi connectivity index (χ0v) is 12.6. The lowest BCUT2D eigenvalue weighted by molar-refractivity contribution is -0.192. The molecule has 0 amide bonds. The number of nitrogens with zero attached hydrogens (tertiary/aromatic N) is 3. The van der Waals surface area contributed by atoms with Crippen molar-refractivity contribution in [3.05, 3.63) is 17.0 Å². The van der Waals surface area contributed by atoms with Crippen molar-refractivity contribution in [3.8, 4) is 0 Å². The second kappa shape index (κ2) is 8.14. The monoisotopic (exact) mass is 340 g/mol. The first kappa shape index (κ1) is 18.4. The van der Waals surface area contributed by atoms with Crippen LogP contribution in [0.25, 0.3) is 0 Å². The van der Waals surface area contributed by atoms with Crippen molar-refractivity contribution in [3.63, 3.8) is 0 Å². The number of carbonyl (C=O) groups is 1. The molecule has 0 aliphatic carbocycles. The first-order valence-corrected chi connectivity index (χ1v) is 6.91. The smallest absolute Gasteiger partial charge is 0.475 e. The van der Waals surface area contributed by atoms with Gasteiger partial charge in [-0.25, -0.2) is 14.8 Å². The lowest BCUT2D eigenvalue weighted by Gasteiger charge is -2.28. The topological polar surface area (TPSA) is 78.3 Å². The van der Waals surface area contributed by atoms with Crippen LogP contribution in [0, 0.1) is 0 Å². The summed E-state index contributed by atoms with van der Waals surface area (Å²) in [5, 5.41) is 10.8. The molecule has 2 rings (SSSR count). The fourth-order valence-corrected chi connectivity index (χ4v) is 1.88. The minimum atomic E-state index is -5.08. The fourth-order valence-electron chi connectivity index (χ4n) is 1.69. The molecular formula is C12H16ClF3N4O2. The SMILES string of the molecule is CCc1cc(N2CCNCC2)nc(Cl)n1.O=C(O)C(F)(F)F. The maximum absolute atomic E-state index is 10.6. The van der Waals surface area contributed by atoms with Crippen molar-refractivity contribution in [2.75, 3.05) is 31.1 Å². The van der Waals surface area contributed by atoms with Gasteiger partial charge in [0.15, 0.2) is 0 Å². The lowest BCUT2D eigenvalue weighted by Crippen LogP contribution is -2.44. The molecule has 0 aromatic carbocycles. The van der Waals surface area contributed by atoms with Gasteiger partial charge in [-0.2, -0.15) is 13.2 Å². The molecule has 1 aromatic heterocycles. The molecule has 1 saturated heterocycles. The van der Waals surface area contributed by atoms with E-state index in [1.807, 2.05) is 6.07 Å². The standard InChI is InChI=1S/C10H15ClN4.C2HF3O2/c1-2-8-7-9(14-10(11)13-8)15-5-3-12-4-6-15;3-2(4,5)1(6)7/h7,12H,2-6H2,1H3;(H,6,7). The molecule has 0 spiro atoms. The molecule has 1 fully saturated rings. The molecule has 1 aromatic rings. The summed E-state index contributed by atoms with van der Waals surface area (Å²) in [6.07, 6.45) is -4.19. The van der Waals surface area contributed by atoms with E-state index in [-0.39, 0.29) is 0 Å². The second-order valence-electron chi connectivity index (χ2n) is 4.38. The van der Waals surface area contributed by atoms with Crippen LogP contribution >= 0.6 is 11.6 Å². The van der Waals surface area contributed by atoms with E-state index < -0.39 is 12.1 Å². The number of piperazine rings is 1. The molecule has 2 heterocycles. The van der Waals surface area contributed by atoms with Crippen molar-refractivity contribution in [1.82, 2.24) is 15.3 Å². The van der Waals surface area contributed by atoms with Crippen molar-refractivity contribution >= 4 is 23.4 Å². The number of nitrogens with one attached hydrogen (secondary N) is 1. The highest BCUT2D eigenvalue weighted by atomic mass is 35.5. The Morgan fingerprint density at radius 1 is 1.41 bits per heavy atom. The largest absolute Gasteiger partial charge is 0.490 e. The number of carboxylic acids is 1. The Morgan fingerprint density at radius 2 is 1.95 bits per heavy atom. The van der Waals surface area contributed by atoms with E-state index in [1.165, 1.54) is 0 Å². The molecule has 0 saturated carbocycles. The van der Waals surface area contributed by atoms with E-state index in [2.05, 4.69) is 27.1 Å². The van der Waals surface area contributed by atoms with E-state index in [4.69, 9.17) is 21.5 Å². The third-order valence-corrected chi connectivity index (χ3v) is 2.95. The summed E-state index contributed by atoms with van der Waals surface area (Å²) in [6, 6.07) is 2.02. The average Bonchev–Trinajstić information content (AvgIpc) is 2.47. The van der Waals surface area contributed by atoms with Crippen LogP contribution in [0.4, 0.5) is 19.0 Å². The molecule has 2 N–H and O–H groups in total. The average molecular weight is 341 g/mol. The van der Waals surface area contributed by atoms with E-state index in [0.29, 0.717) is 5.28 Å². The summed E-state index contributed by atoms with van der Waals surface area (Å²) in [5.41, 5.74) is 1.00. The number of anilines is 1. The van der Waals surface area contributed by atoms with Crippen LogP contribution in [-0.2, 0) is 11.2 Å². The zero-order valence-electron chi connectivity index (χ0n) is 11.8. The van der Waals surface area contributed by atoms with Crippen molar-refractivity contribution in [2.24, 2.45) is 0 Å².